The number of aromatic nitrogens is 3. The van der Waals surface area contributed by atoms with E-state index in [1.165, 1.54) is 35.3 Å². The molecule has 2 aromatic heterocycles. The van der Waals surface area contributed by atoms with E-state index in [4.69, 9.17) is 15.3 Å². The number of benzene rings is 1. The lowest BCUT2D eigenvalue weighted by atomic mass is 10.2. The van der Waals surface area contributed by atoms with Crippen molar-refractivity contribution < 1.29 is 19.1 Å². The zero-order valence-electron chi connectivity index (χ0n) is 9.98. The summed E-state index contributed by atoms with van der Waals surface area (Å²) >= 11 is 0. The van der Waals surface area contributed by atoms with Gasteiger partial charge >= 0.3 is 12.0 Å². The number of hydrogen-bond acceptors (Lipinski definition) is 5. The summed E-state index contributed by atoms with van der Waals surface area (Å²) in [5.41, 5.74) is 6.24. The van der Waals surface area contributed by atoms with Crippen molar-refractivity contribution in [2.75, 3.05) is 0 Å². The van der Waals surface area contributed by atoms with Crippen LogP contribution in [0.1, 0.15) is 20.7 Å². The highest BCUT2D eigenvalue weighted by Crippen LogP contribution is 2.19. The van der Waals surface area contributed by atoms with Crippen LogP contribution in [0.3, 0.4) is 0 Å². The smallest absolute Gasteiger partial charge is 0.335 e. The quantitative estimate of drug-likeness (QED) is 0.726. The van der Waals surface area contributed by atoms with Gasteiger partial charge in [-0.05, 0) is 18.2 Å². The van der Waals surface area contributed by atoms with Gasteiger partial charge in [0.25, 0.3) is 5.91 Å². The predicted octanol–water partition coefficient (Wildman–Crippen LogP) is 0.811. The Morgan fingerprint density at radius 3 is 2.75 bits per heavy atom. The summed E-state index contributed by atoms with van der Waals surface area (Å²) < 4.78 is 6.66. The average molecular weight is 272 g/mol. The third kappa shape index (κ3) is 1.88. The third-order valence-corrected chi connectivity index (χ3v) is 2.69. The Labute approximate surface area is 111 Å². The van der Waals surface area contributed by atoms with E-state index in [0.29, 0.717) is 11.1 Å². The van der Waals surface area contributed by atoms with E-state index >= 15 is 0 Å². The minimum absolute atomic E-state index is 0.0958. The number of aromatic carboxylic acids is 1. The van der Waals surface area contributed by atoms with Crippen LogP contribution in [0.5, 0.6) is 0 Å². The zero-order chi connectivity index (χ0) is 14.3. The molecular formula is C12H8N4O4. The van der Waals surface area contributed by atoms with Crippen LogP contribution < -0.4 is 5.73 Å². The average Bonchev–Trinajstić information content (AvgIpc) is 3.04. The van der Waals surface area contributed by atoms with Crippen molar-refractivity contribution in [3.8, 4) is 6.01 Å². The topological polar surface area (TPSA) is 124 Å². The van der Waals surface area contributed by atoms with Gasteiger partial charge in [0.2, 0.25) is 0 Å². The van der Waals surface area contributed by atoms with Gasteiger partial charge in [-0.1, -0.05) is 0 Å². The summed E-state index contributed by atoms with van der Waals surface area (Å²) in [5.74, 6) is -1.67. The number of carbonyl (C=O) groups excluding carboxylic acids is 1. The molecule has 0 aliphatic rings. The summed E-state index contributed by atoms with van der Waals surface area (Å²) in [6.45, 7) is 0. The molecule has 3 aromatic rings. The normalized spacial score (nSPS) is 10.8. The van der Waals surface area contributed by atoms with Crippen LogP contribution in [0.2, 0.25) is 0 Å². The molecule has 8 nitrogen and oxygen atoms in total. The molecule has 3 N–H and O–H groups in total. The number of carboxylic acid groups (broad SMARTS) is 1. The molecule has 1 aromatic carbocycles. The van der Waals surface area contributed by atoms with Gasteiger partial charge in [0.15, 0.2) is 5.58 Å². The maximum Gasteiger partial charge on any atom is 0.335 e. The summed E-state index contributed by atoms with van der Waals surface area (Å²) in [7, 11) is 0. The lowest BCUT2D eigenvalue weighted by Gasteiger charge is -1.91. The van der Waals surface area contributed by atoms with E-state index < -0.39 is 11.9 Å². The van der Waals surface area contributed by atoms with Crippen molar-refractivity contribution in [2.45, 2.75) is 0 Å². The van der Waals surface area contributed by atoms with E-state index in [1.807, 2.05) is 0 Å². The predicted molar refractivity (Wildman–Crippen MR) is 66.6 cm³/mol. The Kier molecular flexibility index (Phi) is 2.50. The van der Waals surface area contributed by atoms with Crippen molar-refractivity contribution >= 4 is 23.0 Å². The molecule has 0 saturated heterocycles. The fourth-order valence-electron chi connectivity index (χ4n) is 1.70. The Morgan fingerprint density at radius 1 is 1.30 bits per heavy atom. The van der Waals surface area contributed by atoms with Gasteiger partial charge < -0.3 is 15.3 Å². The number of oxazole rings is 1. The van der Waals surface area contributed by atoms with Crippen LogP contribution in [0.4, 0.5) is 0 Å². The van der Waals surface area contributed by atoms with E-state index in [9.17, 15) is 9.59 Å². The molecule has 100 valence electrons. The van der Waals surface area contributed by atoms with Crippen molar-refractivity contribution in [2.24, 2.45) is 5.73 Å². The second-order valence-electron chi connectivity index (χ2n) is 4.02. The van der Waals surface area contributed by atoms with E-state index in [2.05, 4.69) is 10.1 Å². The number of fused-ring (bicyclic) bond motifs is 1. The number of rotatable bonds is 3. The van der Waals surface area contributed by atoms with Gasteiger partial charge in [-0.25, -0.2) is 4.79 Å². The van der Waals surface area contributed by atoms with Crippen LogP contribution in [0.25, 0.3) is 17.1 Å². The Balaban J connectivity index is 2.07. The molecule has 0 radical (unpaired) electrons. The molecule has 0 aliphatic carbocycles. The lowest BCUT2D eigenvalue weighted by Crippen LogP contribution is -2.09. The molecule has 0 bridgehead atoms. The zero-order valence-corrected chi connectivity index (χ0v) is 9.98. The maximum absolute atomic E-state index is 11.0. The number of nitrogens with two attached hydrogens (primary N) is 1. The summed E-state index contributed by atoms with van der Waals surface area (Å²) in [5, 5.41) is 12.8. The Hall–Kier alpha value is -3.16. The van der Waals surface area contributed by atoms with Gasteiger partial charge in [0.05, 0.1) is 17.3 Å². The summed E-state index contributed by atoms with van der Waals surface area (Å²) in [4.78, 5) is 26.0. The van der Waals surface area contributed by atoms with Crippen molar-refractivity contribution in [3.63, 3.8) is 0 Å². The lowest BCUT2D eigenvalue weighted by molar-refractivity contribution is 0.0696. The number of primary amides is 1. The van der Waals surface area contributed by atoms with Gasteiger partial charge in [0.1, 0.15) is 5.52 Å². The third-order valence-electron chi connectivity index (χ3n) is 2.69. The van der Waals surface area contributed by atoms with Crippen molar-refractivity contribution in [1.29, 1.82) is 0 Å². The molecule has 8 heteroatoms. The fraction of sp³-hybridized carbons (Fsp3) is 0. The molecule has 0 spiro atoms. The van der Waals surface area contributed by atoms with Crippen LogP contribution in [-0.4, -0.2) is 31.7 Å². The summed E-state index contributed by atoms with van der Waals surface area (Å²) in [6.07, 6.45) is 2.67. The van der Waals surface area contributed by atoms with E-state index in [1.54, 1.807) is 0 Å². The van der Waals surface area contributed by atoms with Gasteiger partial charge in [0, 0.05) is 6.20 Å². The number of amides is 1. The molecule has 2 heterocycles. The fourth-order valence-corrected chi connectivity index (χ4v) is 1.70. The van der Waals surface area contributed by atoms with E-state index in [-0.39, 0.29) is 17.1 Å². The molecule has 1 amide bonds. The molecule has 0 atom stereocenters. The number of nitrogens with zero attached hydrogens (tertiary/aromatic N) is 3. The minimum Gasteiger partial charge on any atom is -0.478 e. The van der Waals surface area contributed by atoms with Crippen LogP contribution in [0.15, 0.2) is 35.0 Å². The van der Waals surface area contributed by atoms with Crippen molar-refractivity contribution in [1.82, 2.24) is 14.8 Å². The number of carbonyl (C=O) groups is 2. The molecular weight excluding hydrogens is 264 g/mol. The molecule has 0 fully saturated rings. The number of hydrogen-bond donors (Lipinski definition) is 2. The van der Waals surface area contributed by atoms with Crippen LogP contribution in [-0.2, 0) is 0 Å². The second kappa shape index (κ2) is 4.19. The van der Waals surface area contributed by atoms with Crippen molar-refractivity contribution in [3.05, 3.63) is 41.7 Å². The molecule has 0 aliphatic heterocycles. The Morgan fingerprint density at radius 2 is 2.10 bits per heavy atom. The highest BCUT2D eigenvalue weighted by Gasteiger charge is 2.13. The first-order valence-electron chi connectivity index (χ1n) is 5.53. The molecule has 20 heavy (non-hydrogen) atoms. The van der Waals surface area contributed by atoms with Gasteiger partial charge in [-0.3, -0.25) is 4.79 Å². The Bertz CT molecular complexity index is 833. The molecule has 0 saturated carbocycles. The van der Waals surface area contributed by atoms with E-state index in [0.717, 1.165) is 0 Å². The largest absolute Gasteiger partial charge is 0.478 e. The minimum atomic E-state index is -1.06. The van der Waals surface area contributed by atoms with Crippen LogP contribution >= 0.6 is 0 Å². The SMILES string of the molecule is NC(=O)c1cnn(-c2nc3ccc(C(=O)O)cc3o2)c1. The maximum atomic E-state index is 11.0. The number of carboxylic acids is 1. The molecule has 0 unspecified atom stereocenters. The first kappa shape index (κ1) is 11.9. The molecule has 3 rings (SSSR count). The first-order chi connectivity index (χ1) is 9.54. The standard InChI is InChI=1S/C12H8N4O4/c13-10(17)7-4-14-16(5-7)12-15-8-2-1-6(11(18)19)3-9(8)20-12/h1-5H,(H2,13,17)(H,18,19). The summed E-state index contributed by atoms with van der Waals surface area (Å²) in [6, 6.07) is 4.45. The first-order valence-corrected chi connectivity index (χ1v) is 5.53. The van der Waals surface area contributed by atoms with Gasteiger partial charge in [-0.15, -0.1) is 0 Å². The second-order valence-corrected chi connectivity index (χ2v) is 4.02. The highest BCUT2D eigenvalue weighted by atomic mass is 16.4. The van der Waals surface area contributed by atoms with Gasteiger partial charge in [-0.2, -0.15) is 14.8 Å². The van der Waals surface area contributed by atoms with Crippen LogP contribution in [0, 0.1) is 0 Å². The highest BCUT2D eigenvalue weighted by molar-refractivity contribution is 5.92. The monoisotopic (exact) mass is 272 g/mol.